The maximum absolute atomic E-state index is 13.6. The van der Waals surface area contributed by atoms with Crippen molar-refractivity contribution in [3.63, 3.8) is 0 Å². The molecule has 0 aliphatic heterocycles. The zero-order chi connectivity index (χ0) is 12.6. The van der Waals surface area contributed by atoms with E-state index in [9.17, 15) is 4.39 Å². The molecule has 8 heteroatoms. The van der Waals surface area contributed by atoms with Gasteiger partial charge in [-0.2, -0.15) is 10.1 Å². The molecule has 0 atom stereocenters. The van der Waals surface area contributed by atoms with E-state index in [2.05, 4.69) is 20.5 Å². The third-order valence-electron chi connectivity index (χ3n) is 2.26. The number of nitrogen functional groups attached to an aromatic ring is 1. The molecule has 0 spiro atoms. The van der Waals surface area contributed by atoms with Gasteiger partial charge in [0.05, 0.1) is 22.6 Å². The first kappa shape index (κ1) is 11.7. The normalized spacial score (nSPS) is 10.6. The van der Waals surface area contributed by atoms with E-state index in [-0.39, 0.29) is 11.8 Å². The third kappa shape index (κ3) is 1.94. The highest BCUT2D eigenvalue weighted by Crippen LogP contribution is 2.22. The van der Waals surface area contributed by atoms with Crippen molar-refractivity contribution in [1.82, 2.24) is 19.7 Å². The van der Waals surface area contributed by atoms with E-state index in [1.807, 2.05) is 0 Å². The minimum Gasteiger partial charge on any atom is -0.292 e. The van der Waals surface area contributed by atoms with Gasteiger partial charge in [-0.1, -0.05) is 11.6 Å². The van der Waals surface area contributed by atoms with E-state index in [1.165, 1.54) is 4.68 Å². The molecule has 2 heterocycles. The standard InChI is InChI=1S/C9H10ClFN6/c1-4-7(10)5(2)17(16-4)8-6(11)3-13-9(14-8)15-12/h3H,12H2,1-2H3,(H,13,14,15). The summed E-state index contributed by atoms with van der Waals surface area (Å²) in [6, 6.07) is 0. The van der Waals surface area contributed by atoms with Crippen LogP contribution in [0.4, 0.5) is 10.3 Å². The molecule has 6 nitrogen and oxygen atoms in total. The molecule has 0 aliphatic rings. The Hall–Kier alpha value is -1.73. The van der Waals surface area contributed by atoms with Gasteiger partial charge < -0.3 is 0 Å². The molecule has 2 rings (SSSR count). The Kier molecular flexibility index (Phi) is 2.95. The predicted molar refractivity (Wildman–Crippen MR) is 61.4 cm³/mol. The van der Waals surface area contributed by atoms with Crippen molar-refractivity contribution < 1.29 is 4.39 Å². The van der Waals surface area contributed by atoms with E-state index < -0.39 is 5.82 Å². The van der Waals surface area contributed by atoms with Crippen LogP contribution in [-0.4, -0.2) is 19.7 Å². The SMILES string of the molecule is Cc1nn(-c2nc(NN)ncc2F)c(C)c1Cl. The average Bonchev–Trinajstić information content (AvgIpc) is 2.58. The van der Waals surface area contributed by atoms with Crippen molar-refractivity contribution in [2.45, 2.75) is 13.8 Å². The van der Waals surface area contributed by atoms with E-state index in [0.29, 0.717) is 16.4 Å². The first-order valence-electron chi connectivity index (χ1n) is 4.76. The Bertz CT molecular complexity index is 567. The molecule has 17 heavy (non-hydrogen) atoms. The van der Waals surface area contributed by atoms with E-state index >= 15 is 0 Å². The van der Waals surface area contributed by atoms with Crippen LogP contribution in [0.2, 0.25) is 5.02 Å². The van der Waals surface area contributed by atoms with Gasteiger partial charge in [0, 0.05) is 0 Å². The quantitative estimate of drug-likeness (QED) is 0.626. The lowest BCUT2D eigenvalue weighted by atomic mass is 10.4. The van der Waals surface area contributed by atoms with Gasteiger partial charge in [0.25, 0.3) is 0 Å². The summed E-state index contributed by atoms with van der Waals surface area (Å²) < 4.78 is 14.9. The fraction of sp³-hybridized carbons (Fsp3) is 0.222. The lowest BCUT2D eigenvalue weighted by Gasteiger charge is -2.06. The molecule has 90 valence electrons. The van der Waals surface area contributed by atoms with Gasteiger partial charge in [-0.3, -0.25) is 5.43 Å². The van der Waals surface area contributed by atoms with Gasteiger partial charge in [0.1, 0.15) is 0 Å². The zero-order valence-corrected chi connectivity index (χ0v) is 9.96. The maximum atomic E-state index is 13.6. The first-order chi connectivity index (χ1) is 8.04. The highest BCUT2D eigenvalue weighted by Gasteiger charge is 2.16. The van der Waals surface area contributed by atoms with Gasteiger partial charge in [0.15, 0.2) is 11.6 Å². The Labute approximate surface area is 102 Å². The van der Waals surface area contributed by atoms with Gasteiger partial charge in [-0.25, -0.2) is 19.9 Å². The zero-order valence-electron chi connectivity index (χ0n) is 9.20. The number of nitrogens with zero attached hydrogens (tertiary/aromatic N) is 4. The van der Waals surface area contributed by atoms with E-state index in [4.69, 9.17) is 17.4 Å². The largest absolute Gasteiger partial charge is 0.292 e. The van der Waals surface area contributed by atoms with Crippen molar-refractivity contribution in [2.75, 3.05) is 5.43 Å². The van der Waals surface area contributed by atoms with Gasteiger partial charge >= 0.3 is 0 Å². The first-order valence-corrected chi connectivity index (χ1v) is 5.13. The van der Waals surface area contributed by atoms with Crippen LogP contribution < -0.4 is 11.3 Å². The molecular weight excluding hydrogens is 247 g/mol. The summed E-state index contributed by atoms with van der Waals surface area (Å²) in [4.78, 5) is 7.54. The summed E-state index contributed by atoms with van der Waals surface area (Å²) in [6.07, 6.45) is 1.02. The lowest BCUT2D eigenvalue weighted by Crippen LogP contribution is -2.14. The molecule has 0 radical (unpaired) electrons. The van der Waals surface area contributed by atoms with Crippen LogP contribution in [0.15, 0.2) is 6.20 Å². The van der Waals surface area contributed by atoms with Crippen LogP contribution in [0.25, 0.3) is 5.82 Å². The molecule has 2 aromatic heterocycles. The molecule has 0 unspecified atom stereocenters. The molecule has 0 fully saturated rings. The minimum atomic E-state index is -0.605. The number of aromatic nitrogens is 4. The molecule has 0 bridgehead atoms. The Morgan fingerprint density at radius 1 is 1.47 bits per heavy atom. The van der Waals surface area contributed by atoms with Crippen molar-refractivity contribution in [1.29, 1.82) is 0 Å². The van der Waals surface area contributed by atoms with Crippen molar-refractivity contribution in [2.24, 2.45) is 5.84 Å². The summed E-state index contributed by atoms with van der Waals surface area (Å²) in [5.41, 5.74) is 3.45. The summed E-state index contributed by atoms with van der Waals surface area (Å²) in [5, 5.41) is 4.58. The molecule has 0 saturated heterocycles. The van der Waals surface area contributed by atoms with Crippen LogP contribution in [-0.2, 0) is 0 Å². The lowest BCUT2D eigenvalue weighted by molar-refractivity contribution is 0.590. The monoisotopic (exact) mass is 256 g/mol. The molecule has 2 aromatic rings. The van der Waals surface area contributed by atoms with Crippen LogP contribution in [0.5, 0.6) is 0 Å². The van der Waals surface area contributed by atoms with E-state index in [1.54, 1.807) is 13.8 Å². The predicted octanol–water partition coefficient (Wildman–Crippen LogP) is 1.36. The van der Waals surface area contributed by atoms with Crippen LogP contribution in [0.3, 0.4) is 0 Å². The number of nitrogens with two attached hydrogens (primary N) is 1. The summed E-state index contributed by atoms with van der Waals surface area (Å²) in [7, 11) is 0. The summed E-state index contributed by atoms with van der Waals surface area (Å²) in [6.45, 7) is 3.45. The average molecular weight is 257 g/mol. The van der Waals surface area contributed by atoms with Crippen molar-refractivity contribution in [3.8, 4) is 5.82 Å². The number of aryl methyl sites for hydroxylation is 1. The molecule has 0 aromatic carbocycles. The topological polar surface area (TPSA) is 81.7 Å². The fourth-order valence-corrected chi connectivity index (χ4v) is 1.52. The second kappa shape index (κ2) is 4.27. The Morgan fingerprint density at radius 3 is 2.71 bits per heavy atom. The summed E-state index contributed by atoms with van der Waals surface area (Å²) >= 11 is 5.98. The molecule has 0 aliphatic carbocycles. The van der Waals surface area contributed by atoms with Crippen LogP contribution in [0, 0.1) is 19.7 Å². The highest BCUT2D eigenvalue weighted by molar-refractivity contribution is 6.31. The van der Waals surface area contributed by atoms with Crippen molar-refractivity contribution in [3.05, 3.63) is 28.4 Å². The number of hydrogen-bond donors (Lipinski definition) is 2. The summed E-state index contributed by atoms with van der Waals surface area (Å²) in [5.74, 6) is 4.66. The fourth-order valence-electron chi connectivity index (χ4n) is 1.41. The second-order valence-electron chi connectivity index (χ2n) is 3.41. The number of nitrogens with one attached hydrogen (secondary N) is 1. The molecular formula is C9H10ClFN6. The molecule has 3 N–H and O–H groups in total. The van der Waals surface area contributed by atoms with Gasteiger partial charge in [-0.05, 0) is 13.8 Å². The van der Waals surface area contributed by atoms with Crippen molar-refractivity contribution >= 4 is 17.5 Å². The number of halogens is 2. The number of hydrogen-bond acceptors (Lipinski definition) is 5. The van der Waals surface area contributed by atoms with Crippen LogP contribution >= 0.6 is 11.6 Å². The maximum Gasteiger partial charge on any atom is 0.239 e. The number of hydrazine groups is 1. The number of anilines is 1. The van der Waals surface area contributed by atoms with Gasteiger partial charge in [0.2, 0.25) is 5.95 Å². The van der Waals surface area contributed by atoms with Gasteiger partial charge in [-0.15, -0.1) is 0 Å². The molecule has 0 amide bonds. The Morgan fingerprint density at radius 2 is 2.18 bits per heavy atom. The smallest absolute Gasteiger partial charge is 0.239 e. The minimum absolute atomic E-state index is 0.000417. The molecule has 0 saturated carbocycles. The van der Waals surface area contributed by atoms with E-state index in [0.717, 1.165) is 6.20 Å². The number of rotatable bonds is 2. The third-order valence-corrected chi connectivity index (χ3v) is 2.81. The highest BCUT2D eigenvalue weighted by atomic mass is 35.5. The van der Waals surface area contributed by atoms with Crippen LogP contribution in [0.1, 0.15) is 11.4 Å². The Balaban J connectivity index is 2.63. The second-order valence-corrected chi connectivity index (χ2v) is 3.78.